The highest BCUT2D eigenvalue weighted by molar-refractivity contribution is 6.09. The van der Waals surface area contributed by atoms with E-state index in [1.807, 2.05) is 50.4 Å². The summed E-state index contributed by atoms with van der Waals surface area (Å²) in [6.45, 7) is 4.00. The Balaban J connectivity index is 1.86. The highest BCUT2D eigenvalue weighted by Crippen LogP contribution is 2.40. The van der Waals surface area contributed by atoms with Gasteiger partial charge in [-0.15, -0.1) is 0 Å². The fraction of sp³-hybridized carbons (Fsp3) is 0.238. The normalized spacial score (nSPS) is 18.3. The first-order valence-corrected chi connectivity index (χ1v) is 8.51. The van der Waals surface area contributed by atoms with Gasteiger partial charge in [0.05, 0.1) is 30.1 Å². The summed E-state index contributed by atoms with van der Waals surface area (Å²) in [5.74, 6) is 0.750. The number of aryl methyl sites for hydroxylation is 1. The SMILES string of the molecule is COc1cc(C)c2[nH]ccc2c1C(C)(N)C1=NC2=CC=C(C#N)CC2=C1. The molecule has 0 amide bonds. The van der Waals surface area contributed by atoms with Gasteiger partial charge in [0.15, 0.2) is 0 Å². The second-order valence-corrected chi connectivity index (χ2v) is 6.94. The molecule has 1 atom stereocenters. The number of nitrogens with zero attached hydrogens (tertiary/aromatic N) is 2. The molecule has 0 saturated heterocycles. The summed E-state index contributed by atoms with van der Waals surface area (Å²) < 4.78 is 5.67. The van der Waals surface area contributed by atoms with E-state index in [0.717, 1.165) is 50.3 Å². The summed E-state index contributed by atoms with van der Waals surface area (Å²) in [5.41, 5.74) is 12.5. The highest BCUT2D eigenvalue weighted by atomic mass is 16.5. The van der Waals surface area contributed by atoms with Crippen LogP contribution in [0.2, 0.25) is 0 Å². The zero-order valence-electron chi connectivity index (χ0n) is 15.1. The molecule has 26 heavy (non-hydrogen) atoms. The van der Waals surface area contributed by atoms with Crippen molar-refractivity contribution in [3.8, 4) is 11.8 Å². The van der Waals surface area contributed by atoms with Crippen molar-refractivity contribution in [2.24, 2.45) is 10.7 Å². The van der Waals surface area contributed by atoms with Crippen molar-refractivity contribution in [2.45, 2.75) is 25.8 Å². The molecule has 1 aliphatic heterocycles. The summed E-state index contributed by atoms with van der Waals surface area (Å²) in [6, 6.07) is 6.24. The molecule has 1 aliphatic carbocycles. The zero-order valence-corrected chi connectivity index (χ0v) is 15.1. The number of aromatic amines is 1. The third-order valence-electron chi connectivity index (χ3n) is 5.12. The third kappa shape index (κ3) is 2.31. The Morgan fingerprint density at radius 2 is 2.19 bits per heavy atom. The Morgan fingerprint density at radius 3 is 2.92 bits per heavy atom. The summed E-state index contributed by atoms with van der Waals surface area (Å²) >= 11 is 0. The molecule has 3 N–H and O–H groups in total. The zero-order chi connectivity index (χ0) is 18.5. The van der Waals surface area contributed by atoms with E-state index < -0.39 is 5.54 Å². The van der Waals surface area contributed by atoms with Crippen molar-refractivity contribution in [1.29, 1.82) is 5.26 Å². The molecule has 130 valence electrons. The molecular formula is C21H20N4O. The predicted molar refractivity (Wildman–Crippen MR) is 103 cm³/mol. The molecular weight excluding hydrogens is 324 g/mol. The molecule has 0 radical (unpaired) electrons. The maximum atomic E-state index is 9.15. The van der Waals surface area contributed by atoms with E-state index in [0.29, 0.717) is 6.42 Å². The molecule has 0 bridgehead atoms. The molecule has 0 saturated carbocycles. The number of nitriles is 1. The van der Waals surface area contributed by atoms with Crippen molar-refractivity contribution in [3.05, 3.63) is 64.5 Å². The smallest absolute Gasteiger partial charge is 0.125 e. The Morgan fingerprint density at radius 1 is 1.38 bits per heavy atom. The number of aliphatic imine (C=N–C) groups is 1. The quantitative estimate of drug-likeness (QED) is 0.888. The monoisotopic (exact) mass is 344 g/mol. The molecule has 1 aromatic carbocycles. The summed E-state index contributed by atoms with van der Waals surface area (Å²) in [7, 11) is 1.66. The Bertz CT molecular complexity index is 1090. The second kappa shape index (κ2) is 5.72. The van der Waals surface area contributed by atoms with Crippen LogP contribution in [0.1, 0.15) is 24.5 Å². The molecule has 1 aromatic heterocycles. The van der Waals surface area contributed by atoms with E-state index >= 15 is 0 Å². The van der Waals surface area contributed by atoms with Crippen LogP contribution in [-0.4, -0.2) is 17.8 Å². The van der Waals surface area contributed by atoms with Gasteiger partial charge in [0.25, 0.3) is 0 Å². The number of ether oxygens (including phenoxy) is 1. The lowest BCUT2D eigenvalue weighted by Gasteiger charge is -2.28. The molecule has 5 nitrogen and oxygen atoms in total. The number of hydrogen-bond donors (Lipinski definition) is 2. The van der Waals surface area contributed by atoms with E-state index in [1.165, 1.54) is 0 Å². The van der Waals surface area contributed by atoms with Gasteiger partial charge in [0.1, 0.15) is 5.75 Å². The maximum Gasteiger partial charge on any atom is 0.125 e. The van der Waals surface area contributed by atoms with Gasteiger partial charge in [0, 0.05) is 34.7 Å². The van der Waals surface area contributed by atoms with Gasteiger partial charge < -0.3 is 15.5 Å². The number of nitrogens with two attached hydrogens (primary N) is 1. The van der Waals surface area contributed by atoms with Gasteiger partial charge in [-0.25, -0.2) is 0 Å². The molecule has 4 rings (SSSR count). The van der Waals surface area contributed by atoms with Crippen LogP contribution in [0.3, 0.4) is 0 Å². The van der Waals surface area contributed by atoms with Crippen molar-refractivity contribution in [1.82, 2.24) is 4.98 Å². The lowest BCUT2D eigenvalue weighted by molar-refractivity contribution is 0.404. The summed E-state index contributed by atoms with van der Waals surface area (Å²) in [4.78, 5) is 8.04. The Kier molecular flexibility index (Phi) is 3.60. The first kappa shape index (κ1) is 16.4. The number of benzene rings is 1. The van der Waals surface area contributed by atoms with Gasteiger partial charge in [0.2, 0.25) is 0 Å². The highest BCUT2D eigenvalue weighted by Gasteiger charge is 2.35. The number of hydrogen-bond acceptors (Lipinski definition) is 4. The topological polar surface area (TPSA) is 87.2 Å². The van der Waals surface area contributed by atoms with Gasteiger partial charge in [-0.3, -0.25) is 4.99 Å². The van der Waals surface area contributed by atoms with Crippen molar-refractivity contribution < 1.29 is 4.74 Å². The van der Waals surface area contributed by atoms with Gasteiger partial charge in [-0.2, -0.15) is 5.26 Å². The second-order valence-electron chi connectivity index (χ2n) is 6.94. The van der Waals surface area contributed by atoms with Crippen LogP contribution in [0.4, 0.5) is 0 Å². The van der Waals surface area contributed by atoms with Gasteiger partial charge in [-0.1, -0.05) is 0 Å². The molecule has 2 aliphatic rings. The van der Waals surface area contributed by atoms with Crippen molar-refractivity contribution in [2.75, 3.05) is 7.11 Å². The number of rotatable bonds is 3. The number of H-pyrrole nitrogens is 1. The fourth-order valence-corrected chi connectivity index (χ4v) is 3.75. The average Bonchev–Trinajstić information content (AvgIpc) is 3.27. The molecule has 0 fully saturated rings. The molecule has 1 unspecified atom stereocenters. The summed E-state index contributed by atoms with van der Waals surface area (Å²) in [6.07, 6.45) is 8.22. The van der Waals surface area contributed by atoms with Crippen LogP contribution in [0, 0.1) is 18.3 Å². The van der Waals surface area contributed by atoms with E-state index in [4.69, 9.17) is 20.7 Å². The Hall–Kier alpha value is -3.10. The number of methoxy groups -OCH3 is 1. The van der Waals surface area contributed by atoms with Crippen molar-refractivity contribution >= 4 is 16.6 Å². The molecule has 0 spiro atoms. The van der Waals surface area contributed by atoms with Crippen LogP contribution in [-0.2, 0) is 5.54 Å². The minimum Gasteiger partial charge on any atom is -0.496 e. The van der Waals surface area contributed by atoms with E-state index in [9.17, 15) is 0 Å². The lowest BCUT2D eigenvalue weighted by atomic mass is 9.84. The molecule has 5 heteroatoms. The number of aromatic nitrogens is 1. The lowest BCUT2D eigenvalue weighted by Crippen LogP contribution is -2.41. The average molecular weight is 344 g/mol. The third-order valence-corrected chi connectivity index (χ3v) is 5.12. The van der Waals surface area contributed by atoms with Gasteiger partial charge >= 0.3 is 0 Å². The maximum absolute atomic E-state index is 9.15. The largest absolute Gasteiger partial charge is 0.496 e. The van der Waals surface area contributed by atoms with Crippen LogP contribution in [0.25, 0.3) is 10.9 Å². The van der Waals surface area contributed by atoms with Crippen LogP contribution < -0.4 is 10.5 Å². The van der Waals surface area contributed by atoms with Crippen LogP contribution >= 0.6 is 0 Å². The molecule has 2 heterocycles. The Labute approximate surface area is 152 Å². The number of fused-ring (bicyclic) bond motifs is 2. The number of allylic oxidation sites excluding steroid dienone is 4. The van der Waals surface area contributed by atoms with E-state index in [1.54, 1.807) is 7.11 Å². The predicted octanol–water partition coefficient (Wildman–Crippen LogP) is 3.78. The van der Waals surface area contributed by atoms with Gasteiger partial charge in [-0.05, 0) is 55.3 Å². The summed E-state index contributed by atoms with van der Waals surface area (Å²) in [5, 5.41) is 10.2. The van der Waals surface area contributed by atoms with E-state index in [2.05, 4.69) is 11.1 Å². The van der Waals surface area contributed by atoms with Crippen LogP contribution in [0.5, 0.6) is 5.75 Å². The first-order valence-electron chi connectivity index (χ1n) is 8.51. The van der Waals surface area contributed by atoms with Crippen molar-refractivity contribution in [3.63, 3.8) is 0 Å². The minimum absolute atomic E-state index is 0.593. The molecule has 2 aromatic rings. The van der Waals surface area contributed by atoms with E-state index in [-0.39, 0.29) is 0 Å². The first-order chi connectivity index (χ1) is 12.5. The van der Waals surface area contributed by atoms with Crippen LogP contribution in [0.15, 0.2) is 58.4 Å². The minimum atomic E-state index is -0.836. The number of nitrogens with one attached hydrogen (secondary N) is 1. The fourth-order valence-electron chi connectivity index (χ4n) is 3.75. The standard InChI is InChI=1S/C21H20N4O/c1-12-8-17(26-3)19(15-6-7-24-20(12)15)21(2,23)18-10-14-9-13(11-22)4-5-16(14)25-18/h4-8,10,24H,9,23H2,1-3H3.